The number of rotatable bonds is 3. The van der Waals surface area contributed by atoms with E-state index in [1.165, 1.54) is 0 Å². The summed E-state index contributed by atoms with van der Waals surface area (Å²) in [5.74, 6) is -2.88. The largest absolute Gasteiger partial charge is 0.396 e. The molecule has 0 saturated heterocycles. The first-order chi connectivity index (χ1) is 9.90. The molecule has 0 bridgehead atoms. The van der Waals surface area contributed by atoms with Crippen molar-refractivity contribution in [1.82, 2.24) is 5.32 Å². The number of nitrogens with two attached hydrogens (primary N) is 1. The molecule has 2 aromatic rings. The van der Waals surface area contributed by atoms with Crippen molar-refractivity contribution in [2.45, 2.75) is 13.0 Å². The monoisotopic (exact) mass is 310 g/mol. The number of halogens is 3. The Hall–Kier alpha value is -2.14. The summed E-state index contributed by atoms with van der Waals surface area (Å²) in [5, 5.41) is 3.08. The molecule has 0 spiro atoms. The highest BCUT2D eigenvalue weighted by Gasteiger charge is 2.21. The zero-order valence-electron chi connectivity index (χ0n) is 11.2. The van der Waals surface area contributed by atoms with Crippen LogP contribution in [0.2, 0.25) is 5.02 Å². The standard InChI is InChI=1S/C15H13ClF2N2O/c1-8(9-2-4-10(16)5-3-9)20-15(21)13-11(17)6-7-12(19)14(13)18/h2-8H,19H2,1H3,(H,20,21). The fourth-order valence-electron chi connectivity index (χ4n) is 1.88. The molecule has 2 rings (SSSR count). The molecule has 0 aliphatic rings. The molecular weight excluding hydrogens is 298 g/mol. The average molecular weight is 311 g/mol. The van der Waals surface area contributed by atoms with E-state index in [1.54, 1.807) is 31.2 Å². The topological polar surface area (TPSA) is 55.1 Å². The van der Waals surface area contributed by atoms with Gasteiger partial charge in [0.25, 0.3) is 5.91 Å². The van der Waals surface area contributed by atoms with E-state index < -0.39 is 29.1 Å². The van der Waals surface area contributed by atoms with Crippen LogP contribution in [0.15, 0.2) is 36.4 Å². The Bertz CT molecular complexity index is 674. The van der Waals surface area contributed by atoms with E-state index in [4.69, 9.17) is 17.3 Å². The fourth-order valence-corrected chi connectivity index (χ4v) is 2.01. The molecule has 0 fully saturated rings. The number of carbonyl (C=O) groups is 1. The molecule has 3 nitrogen and oxygen atoms in total. The smallest absolute Gasteiger partial charge is 0.257 e. The van der Waals surface area contributed by atoms with Gasteiger partial charge in [-0.15, -0.1) is 0 Å². The Morgan fingerprint density at radius 2 is 1.81 bits per heavy atom. The molecule has 0 aromatic heterocycles. The first-order valence-corrected chi connectivity index (χ1v) is 6.57. The summed E-state index contributed by atoms with van der Waals surface area (Å²) in [5.41, 5.74) is 5.15. The van der Waals surface area contributed by atoms with E-state index in [0.717, 1.165) is 17.7 Å². The van der Waals surface area contributed by atoms with Crippen molar-refractivity contribution in [3.05, 3.63) is 64.2 Å². The summed E-state index contributed by atoms with van der Waals surface area (Å²) in [6, 6.07) is 8.38. The Labute approximate surface area is 125 Å². The number of nitrogens with one attached hydrogen (secondary N) is 1. The van der Waals surface area contributed by atoms with Crippen LogP contribution >= 0.6 is 11.6 Å². The van der Waals surface area contributed by atoms with Crippen LogP contribution in [-0.4, -0.2) is 5.91 Å². The molecule has 0 heterocycles. The van der Waals surface area contributed by atoms with Crippen molar-refractivity contribution in [3.8, 4) is 0 Å². The lowest BCUT2D eigenvalue weighted by atomic mass is 10.1. The van der Waals surface area contributed by atoms with Crippen LogP contribution in [0.3, 0.4) is 0 Å². The predicted molar refractivity (Wildman–Crippen MR) is 78.1 cm³/mol. The number of hydrogen-bond acceptors (Lipinski definition) is 2. The van der Waals surface area contributed by atoms with Crippen molar-refractivity contribution in [2.24, 2.45) is 0 Å². The van der Waals surface area contributed by atoms with Crippen molar-refractivity contribution in [1.29, 1.82) is 0 Å². The summed E-state index contributed by atoms with van der Waals surface area (Å²) in [6.07, 6.45) is 0. The second-order valence-electron chi connectivity index (χ2n) is 4.57. The van der Waals surface area contributed by atoms with Gasteiger partial charge in [0.15, 0.2) is 5.82 Å². The van der Waals surface area contributed by atoms with Crippen LogP contribution in [0.4, 0.5) is 14.5 Å². The minimum atomic E-state index is -1.06. The van der Waals surface area contributed by atoms with E-state index in [-0.39, 0.29) is 5.69 Å². The second kappa shape index (κ2) is 6.10. The molecule has 0 saturated carbocycles. The minimum Gasteiger partial charge on any atom is -0.396 e. The Kier molecular flexibility index (Phi) is 4.43. The highest BCUT2D eigenvalue weighted by atomic mass is 35.5. The van der Waals surface area contributed by atoms with Gasteiger partial charge in [-0.1, -0.05) is 23.7 Å². The third-order valence-electron chi connectivity index (χ3n) is 3.07. The maximum Gasteiger partial charge on any atom is 0.257 e. The van der Waals surface area contributed by atoms with E-state index in [0.29, 0.717) is 5.02 Å². The van der Waals surface area contributed by atoms with Crippen LogP contribution in [-0.2, 0) is 0 Å². The molecule has 1 atom stereocenters. The molecule has 21 heavy (non-hydrogen) atoms. The van der Waals surface area contributed by atoms with E-state index in [9.17, 15) is 13.6 Å². The summed E-state index contributed by atoms with van der Waals surface area (Å²) in [7, 11) is 0. The van der Waals surface area contributed by atoms with Gasteiger partial charge < -0.3 is 11.1 Å². The zero-order valence-corrected chi connectivity index (χ0v) is 11.9. The highest BCUT2D eigenvalue weighted by molar-refractivity contribution is 6.30. The average Bonchev–Trinajstić information content (AvgIpc) is 2.44. The number of amides is 1. The van der Waals surface area contributed by atoms with Crippen molar-refractivity contribution in [2.75, 3.05) is 5.73 Å². The third-order valence-corrected chi connectivity index (χ3v) is 3.32. The Balaban J connectivity index is 2.22. The molecule has 2 aromatic carbocycles. The van der Waals surface area contributed by atoms with Gasteiger partial charge in [-0.3, -0.25) is 4.79 Å². The Morgan fingerprint density at radius 3 is 2.43 bits per heavy atom. The number of anilines is 1. The number of carbonyl (C=O) groups excluding carboxylic acids is 1. The van der Waals surface area contributed by atoms with Crippen LogP contribution in [0.1, 0.15) is 28.9 Å². The van der Waals surface area contributed by atoms with E-state index in [1.807, 2.05) is 0 Å². The molecule has 1 unspecified atom stereocenters. The van der Waals surface area contributed by atoms with Gasteiger partial charge in [0, 0.05) is 5.02 Å². The summed E-state index contributed by atoms with van der Waals surface area (Å²) < 4.78 is 27.4. The molecule has 0 aliphatic carbocycles. The molecule has 0 aliphatic heterocycles. The zero-order chi connectivity index (χ0) is 15.6. The third kappa shape index (κ3) is 3.31. The Morgan fingerprint density at radius 1 is 1.19 bits per heavy atom. The fraction of sp³-hybridized carbons (Fsp3) is 0.133. The van der Waals surface area contributed by atoms with Gasteiger partial charge in [-0.05, 0) is 36.8 Å². The maximum absolute atomic E-state index is 13.8. The SMILES string of the molecule is CC(NC(=O)c1c(F)ccc(N)c1F)c1ccc(Cl)cc1. The quantitative estimate of drug-likeness (QED) is 0.849. The molecular formula is C15H13ClF2N2O. The molecule has 0 radical (unpaired) electrons. The number of benzene rings is 2. The summed E-state index contributed by atoms with van der Waals surface area (Å²) in [6.45, 7) is 1.70. The highest BCUT2D eigenvalue weighted by Crippen LogP contribution is 2.21. The van der Waals surface area contributed by atoms with Gasteiger partial charge in [0.05, 0.1) is 11.7 Å². The first-order valence-electron chi connectivity index (χ1n) is 6.20. The molecule has 1 amide bonds. The van der Waals surface area contributed by atoms with Crippen LogP contribution < -0.4 is 11.1 Å². The van der Waals surface area contributed by atoms with Crippen molar-refractivity contribution >= 4 is 23.2 Å². The summed E-state index contributed by atoms with van der Waals surface area (Å²) >= 11 is 5.78. The normalized spacial score (nSPS) is 12.0. The van der Waals surface area contributed by atoms with Crippen molar-refractivity contribution < 1.29 is 13.6 Å². The van der Waals surface area contributed by atoms with E-state index in [2.05, 4.69) is 5.32 Å². The second-order valence-corrected chi connectivity index (χ2v) is 5.01. The molecule has 110 valence electrons. The van der Waals surface area contributed by atoms with E-state index >= 15 is 0 Å². The van der Waals surface area contributed by atoms with Crippen LogP contribution in [0.5, 0.6) is 0 Å². The van der Waals surface area contributed by atoms with Crippen LogP contribution in [0, 0.1) is 11.6 Å². The minimum absolute atomic E-state index is 0.277. The van der Waals surface area contributed by atoms with Gasteiger partial charge >= 0.3 is 0 Å². The molecule has 3 N–H and O–H groups in total. The van der Waals surface area contributed by atoms with Gasteiger partial charge in [0.1, 0.15) is 11.4 Å². The molecule has 6 heteroatoms. The summed E-state index contributed by atoms with van der Waals surface area (Å²) in [4.78, 5) is 12.0. The van der Waals surface area contributed by atoms with Crippen LogP contribution in [0.25, 0.3) is 0 Å². The van der Waals surface area contributed by atoms with Gasteiger partial charge in [0.2, 0.25) is 0 Å². The van der Waals surface area contributed by atoms with Gasteiger partial charge in [-0.25, -0.2) is 8.78 Å². The predicted octanol–water partition coefficient (Wildman–Crippen LogP) is 3.69. The lowest BCUT2D eigenvalue weighted by Crippen LogP contribution is -2.28. The maximum atomic E-state index is 13.8. The number of nitrogen functional groups attached to an aromatic ring is 1. The lowest BCUT2D eigenvalue weighted by molar-refractivity contribution is 0.0931. The lowest BCUT2D eigenvalue weighted by Gasteiger charge is -2.15. The first kappa shape index (κ1) is 15.3. The van der Waals surface area contributed by atoms with Crippen molar-refractivity contribution in [3.63, 3.8) is 0 Å². The number of hydrogen-bond donors (Lipinski definition) is 2. The van der Waals surface area contributed by atoms with Gasteiger partial charge in [-0.2, -0.15) is 0 Å².